The Morgan fingerprint density at radius 2 is 1.72 bits per heavy atom. The van der Waals surface area contributed by atoms with Gasteiger partial charge in [0.15, 0.2) is 16.3 Å². The maximum atomic E-state index is 14.2. The molecule has 0 aliphatic carbocycles. The minimum Gasteiger partial charge on any atom is -0.493 e. The zero-order valence-corrected chi connectivity index (χ0v) is 32.9. The van der Waals surface area contributed by atoms with Crippen molar-refractivity contribution in [1.29, 1.82) is 0 Å². The number of thiazole rings is 1. The van der Waals surface area contributed by atoms with Gasteiger partial charge < -0.3 is 23.7 Å². The molecule has 4 aromatic rings. The molecule has 1 atom stereocenters. The lowest BCUT2D eigenvalue weighted by atomic mass is 9.95. The molecule has 5 rings (SSSR count). The van der Waals surface area contributed by atoms with Crippen LogP contribution in [0, 0.1) is 3.57 Å². The van der Waals surface area contributed by atoms with E-state index in [0.717, 1.165) is 14.7 Å². The molecule has 0 saturated carbocycles. The van der Waals surface area contributed by atoms with Gasteiger partial charge in [-0.05, 0) is 132 Å². The Balaban J connectivity index is 1.50. The van der Waals surface area contributed by atoms with Crippen LogP contribution in [-0.2, 0) is 20.9 Å². The van der Waals surface area contributed by atoms with E-state index in [1.165, 1.54) is 15.9 Å². The van der Waals surface area contributed by atoms with Crippen LogP contribution in [0.4, 0.5) is 0 Å². The van der Waals surface area contributed by atoms with Gasteiger partial charge in [0.1, 0.15) is 12.4 Å². The summed E-state index contributed by atoms with van der Waals surface area (Å²) in [6.45, 7) is 9.87. The SMILES string of the molecule is CCOC(=O)C1=C(C)N=c2s/c(=C/c3cc(Br)c(OCc4ccc(C(=O)OCC)cc4)c(I)c3)c(=O)n2[C@H]1c1ccc(OC(C)C)c(OC)c1. The van der Waals surface area contributed by atoms with Crippen molar-refractivity contribution in [2.75, 3.05) is 20.3 Å². The van der Waals surface area contributed by atoms with Crippen LogP contribution in [0.25, 0.3) is 6.08 Å². The van der Waals surface area contributed by atoms with Crippen LogP contribution < -0.4 is 29.1 Å². The average molecular weight is 876 g/mol. The maximum Gasteiger partial charge on any atom is 0.338 e. The van der Waals surface area contributed by atoms with E-state index in [-0.39, 0.29) is 36.4 Å². The quantitative estimate of drug-likeness (QED) is 0.114. The lowest BCUT2D eigenvalue weighted by Gasteiger charge is -2.25. The number of benzene rings is 3. The van der Waals surface area contributed by atoms with Gasteiger partial charge in [0.25, 0.3) is 5.56 Å². The number of nitrogens with zero attached hydrogens (tertiary/aromatic N) is 2. The number of hydrogen-bond donors (Lipinski definition) is 0. The maximum absolute atomic E-state index is 14.2. The molecule has 1 aromatic heterocycles. The van der Waals surface area contributed by atoms with E-state index in [4.69, 9.17) is 23.7 Å². The first-order valence-corrected chi connectivity index (χ1v) is 18.6. The minimum absolute atomic E-state index is 0.0788. The lowest BCUT2D eigenvalue weighted by molar-refractivity contribution is -0.139. The van der Waals surface area contributed by atoms with Gasteiger partial charge in [0, 0.05) is 0 Å². The molecule has 2 heterocycles. The molecule has 0 fully saturated rings. The highest BCUT2D eigenvalue weighted by atomic mass is 127. The predicted octanol–water partition coefficient (Wildman–Crippen LogP) is 6.72. The van der Waals surface area contributed by atoms with Crippen LogP contribution in [0.2, 0.25) is 0 Å². The molecule has 0 bridgehead atoms. The van der Waals surface area contributed by atoms with E-state index in [0.29, 0.717) is 54.5 Å². The standard InChI is InChI=1S/C37H36BrIN2O8S/c1-7-46-35(43)24-11-9-22(10-12-24)19-48-33-26(38)15-23(16-27(33)39)17-30-34(42)41-32(25-13-14-28(49-20(3)4)29(18-25)45-6)31(36(44)47-8-2)21(5)40-37(41)50-30/h9-18,20,32H,7-8,19H2,1-6H3/b30-17+/t32-/m0/s1. The molecule has 50 heavy (non-hydrogen) atoms. The van der Waals surface area contributed by atoms with E-state index < -0.39 is 12.0 Å². The van der Waals surface area contributed by atoms with E-state index in [2.05, 4.69) is 43.5 Å². The topological polar surface area (TPSA) is 115 Å². The Hall–Kier alpha value is -3.95. The monoisotopic (exact) mass is 874 g/mol. The highest BCUT2D eigenvalue weighted by molar-refractivity contribution is 14.1. The van der Waals surface area contributed by atoms with Gasteiger partial charge >= 0.3 is 11.9 Å². The molecule has 1 aliphatic rings. The van der Waals surface area contributed by atoms with Gasteiger partial charge in [-0.2, -0.15) is 0 Å². The zero-order valence-electron chi connectivity index (χ0n) is 28.4. The first-order chi connectivity index (χ1) is 23.9. The normalized spacial score (nSPS) is 14.3. The van der Waals surface area contributed by atoms with Crippen molar-refractivity contribution in [1.82, 2.24) is 4.57 Å². The summed E-state index contributed by atoms with van der Waals surface area (Å²) in [6, 6.07) is 15.5. The van der Waals surface area contributed by atoms with Crippen molar-refractivity contribution < 1.29 is 33.3 Å². The second-order valence-corrected chi connectivity index (χ2v) is 14.4. The number of methoxy groups -OCH3 is 1. The number of allylic oxidation sites excluding steroid dienone is 1. The molecule has 0 saturated heterocycles. The Labute approximate surface area is 315 Å². The van der Waals surface area contributed by atoms with Crippen LogP contribution in [-0.4, -0.2) is 42.9 Å². The second-order valence-electron chi connectivity index (χ2n) is 11.4. The Morgan fingerprint density at radius 3 is 2.36 bits per heavy atom. The lowest BCUT2D eigenvalue weighted by Crippen LogP contribution is -2.40. The minimum atomic E-state index is -0.802. The van der Waals surface area contributed by atoms with Crippen molar-refractivity contribution >= 4 is 67.9 Å². The molecule has 13 heteroatoms. The fraction of sp³-hybridized carbons (Fsp3) is 0.297. The summed E-state index contributed by atoms with van der Waals surface area (Å²) in [4.78, 5) is 44.6. The smallest absolute Gasteiger partial charge is 0.338 e. The first kappa shape index (κ1) is 37.3. The number of fused-ring (bicyclic) bond motifs is 1. The van der Waals surface area contributed by atoms with E-state index in [1.807, 2.05) is 44.2 Å². The molecular weight excluding hydrogens is 839 g/mol. The number of esters is 2. The van der Waals surface area contributed by atoms with Crippen molar-refractivity contribution in [3.63, 3.8) is 0 Å². The molecule has 262 valence electrons. The summed E-state index contributed by atoms with van der Waals surface area (Å²) < 4.78 is 31.7. The largest absolute Gasteiger partial charge is 0.493 e. The van der Waals surface area contributed by atoms with Gasteiger partial charge in [-0.3, -0.25) is 9.36 Å². The number of rotatable bonds is 12. The van der Waals surface area contributed by atoms with Crippen molar-refractivity contribution in [3.8, 4) is 17.2 Å². The summed E-state index contributed by atoms with van der Waals surface area (Å²) in [5, 5.41) is 0. The van der Waals surface area contributed by atoms with Crippen molar-refractivity contribution in [3.05, 3.63) is 116 Å². The number of aromatic nitrogens is 1. The van der Waals surface area contributed by atoms with Crippen LogP contribution in [0.5, 0.6) is 17.2 Å². The summed E-state index contributed by atoms with van der Waals surface area (Å²) in [7, 11) is 1.55. The Morgan fingerprint density at radius 1 is 1.02 bits per heavy atom. The van der Waals surface area contributed by atoms with E-state index in [1.54, 1.807) is 58.2 Å². The molecule has 0 N–H and O–H groups in total. The van der Waals surface area contributed by atoms with E-state index >= 15 is 0 Å². The number of carbonyl (C=O) groups excluding carboxylic acids is 2. The fourth-order valence-electron chi connectivity index (χ4n) is 5.37. The average Bonchev–Trinajstić information content (AvgIpc) is 3.37. The van der Waals surface area contributed by atoms with Crippen LogP contribution >= 0.6 is 49.9 Å². The molecule has 0 unspecified atom stereocenters. The predicted molar refractivity (Wildman–Crippen MR) is 203 cm³/mol. The molecule has 3 aromatic carbocycles. The molecule has 1 aliphatic heterocycles. The third-order valence-corrected chi connectivity index (χ3v) is 9.92. The first-order valence-electron chi connectivity index (χ1n) is 15.9. The van der Waals surface area contributed by atoms with Crippen molar-refractivity contribution in [2.24, 2.45) is 4.99 Å². The third kappa shape index (κ3) is 8.16. The summed E-state index contributed by atoms with van der Waals surface area (Å²) >= 11 is 7.08. The van der Waals surface area contributed by atoms with Crippen LogP contribution in [0.1, 0.15) is 67.7 Å². The molecule has 10 nitrogen and oxygen atoms in total. The summed E-state index contributed by atoms with van der Waals surface area (Å²) in [5.74, 6) is 0.769. The molecular formula is C37H36BrIN2O8S. The molecule has 0 amide bonds. The zero-order chi connectivity index (χ0) is 36.1. The van der Waals surface area contributed by atoms with Gasteiger partial charge in [-0.1, -0.05) is 29.5 Å². The van der Waals surface area contributed by atoms with Gasteiger partial charge in [-0.15, -0.1) is 0 Å². The third-order valence-electron chi connectivity index (χ3n) is 7.55. The Bertz CT molecular complexity index is 2120. The number of ether oxygens (including phenoxy) is 5. The Kier molecular flexibility index (Phi) is 12.2. The number of hydrogen-bond acceptors (Lipinski definition) is 10. The van der Waals surface area contributed by atoms with Gasteiger partial charge in [0.2, 0.25) is 0 Å². The van der Waals surface area contributed by atoms with Crippen LogP contribution in [0.15, 0.2) is 80.1 Å². The number of halogens is 2. The van der Waals surface area contributed by atoms with Gasteiger partial charge in [0.05, 0.1) is 61.9 Å². The second kappa shape index (κ2) is 16.4. The highest BCUT2D eigenvalue weighted by Crippen LogP contribution is 2.37. The molecule has 0 radical (unpaired) electrons. The highest BCUT2D eigenvalue weighted by Gasteiger charge is 2.34. The van der Waals surface area contributed by atoms with E-state index in [9.17, 15) is 14.4 Å². The van der Waals surface area contributed by atoms with Gasteiger partial charge in [-0.25, -0.2) is 14.6 Å². The van der Waals surface area contributed by atoms with Crippen LogP contribution in [0.3, 0.4) is 0 Å². The number of carbonyl (C=O) groups is 2. The van der Waals surface area contributed by atoms with Crippen molar-refractivity contribution in [2.45, 2.75) is 53.4 Å². The summed E-state index contributed by atoms with van der Waals surface area (Å²) in [5.41, 5.74) is 3.24. The fourth-order valence-corrected chi connectivity index (χ4v) is 8.19. The summed E-state index contributed by atoms with van der Waals surface area (Å²) in [6.07, 6.45) is 1.72. The molecule has 0 spiro atoms.